The first-order valence-corrected chi connectivity index (χ1v) is 8.38. The van der Waals surface area contributed by atoms with E-state index in [-0.39, 0.29) is 5.41 Å². The van der Waals surface area contributed by atoms with Gasteiger partial charge in [0, 0.05) is 11.8 Å². The summed E-state index contributed by atoms with van der Waals surface area (Å²) in [6.07, 6.45) is 7.32. The van der Waals surface area contributed by atoms with Crippen LogP contribution in [0.1, 0.15) is 36.0 Å². The van der Waals surface area contributed by atoms with E-state index in [2.05, 4.69) is 43.3 Å². The summed E-state index contributed by atoms with van der Waals surface area (Å²) in [4.78, 5) is 12.9. The Bertz CT molecular complexity index is 858. The molecule has 2 atom stereocenters. The molecular formula is C21H20O. The van der Waals surface area contributed by atoms with Crippen molar-refractivity contribution >= 4 is 16.6 Å². The van der Waals surface area contributed by atoms with Gasteiger partial charge in [0.25, 0.3) is 0 Å². The second kappa shape index (κ2) is 4.10. The molecule has 110 valence electrons. The molecule has 5 rings (SSSR count). The van der Waals surface area contributed by atoms with Crippen molar-refractivity contribution in [1.82, 2.24) is 0 Å². The number of aryl methyl sites for hydroxylation is 1. The van der Waals surface area contributed by atoms with Gasteiger partial charge < -0.3 is 0 Å². The van der Waals surface area contributed by atoms with Crippen LogP contribution in [0.15, 0.2) is 42.0 Å². The molecule has 0 saturated heterocycles. The number of carbonyl (C=O) groups is 1. The zero-order valence-corrected chi connectivity index (χ0v) is 13.0. The molecule has 0 radical (unpaired) electrons. The molecule has 0 amide bonds. The molecule has 2 aromatic carbocycles. The third-order valence-electron chi connectivity index (χ3n) is 6.35. The minimum absolute atomic E-state index is 0.0621. The van der Waals surface area contributed by atoms with Gasteiger partial charge in [0.05, 0.1) is 0 Å². The van der Waals surface area contributed by atoms with E-state index < -0.39 is 0 Å². The van der Waals surface area contributed by atoms with Crippen molar-refractivity contribution in [3.63, 3.8) is 0 Å². The van der Waals surface area contributed by atoms with Crippen LogP contribution in [0.25, 0.3) is 10.8 Å². The Balaban J connectivity index is 1.68. The Kier molecular flexibility index (Phi) is 2.35. The van der Waals surface area contributed by atoms with Gasteiger partial charge in [0.1, 0.15) is 5.78 Å². The summed E-state index contributed by atoms with van der Waals surface area (Å²) in [5.74, 6) is 1.08. The number of benzene rings is 2. The number of hydrogen-bond acceptors (Lipinski definition) is 1. The molecular weight excluding hydrogens is 268 g/mol. The van der Waals surface area contributed by atoms with E-state index in [1.54, 1.807) is 5.57 Å². The van der Waals surface area contributed by atoms with Gasteiger partial charge in [-0.15, -0.1) is 0 Å². The van der Waals surface area contributed by atoms with E-state index >= 15 is 0 Å². The number of ketones is 1. The number of allylic oxidation sites excluding steroid dienone is 2. The van der Waals surface area contributed by atoms with Crippen molar-refractivity contribution in [2.45, 2.75) is 39.0 Å². The monoisotopic (exact) mass is 288 g/mol. The molecule has 3 aliphatic rings. The molecule has 2 unspecified atom stereocenters. The molecule has 2 aromatic rings. The molecule has 22 heavy (non-hydrogen) atoms. The molecule has 1 saturated carbocycles. The van der Waals surface area contributed by atoms with Crippen LogP contribution in [-0.4, -0.2) is 5.78 Å². The van der Waals surface area contributed by atoms with Gasteiger partial charge in [-0.1, -0.05) is 42.0 Å². The first-order chi connectivity index (χ1) is 10.7. The zero-order valence-electron chi connectivity index (χ0n) is 13.0. The summed E-state index contributed by atoms with van der Waals surface area (Å²) in [5, 5.41) is 2.63. The van der Waals surface area contributed by atoms with Crippen LogP contribution < -0.4 is 0 Å². The predicted molar refractivity (Wildman–Crippen MR) is 89.0 cm³/mol. The highest BCUT2D eigenvalue weighted by Gasteiger charge is 2.53. The number of carbonyl (C=O) groups excluding carboxylic acids is 1. The lowest BCUT2D eigenvalue weighted by Gasteiger charge is -2.39. The van der Waals surface area contributed by atoms with Crippen LogP contribution in [0.4, 0.5) is 0 Å². The van der Waals surface area contributed by atoms with Gasteiger partial charge in [-0.3, -0.25) is 4.79 Å². The largest absolute Gasteiger partial charge is 0.299 e. The standard InChI is InChI=1S/C21H20O/c1-13-3-2-4-15-8-16-10-20(22)21(12-17(16)9-19(13)15)11-14-5-6-18(21)7-14/h2-5,8-9,18H,6-7,10-12H2,1H3. The fraction of sp³-hybridized carbons (Fsp3) is 0.381. The summed E-state index contributed by atoms with van der Waals surface area (Å²) >= 11 is 0. The van der Waals surface area contributed by atoms with Crippen LogP contribution in [0.5, 0.6) is 0 Å². The molecule has 0 aromatic heterocycles. The molecule has 1 nitrogen and oxygen atoms in total. The van der Waals surface area contributed by atoms with Crippen molar-refractivity contribution in [2.24, 2.45) is 11.3 Å². The average molecular weight is 288 g/mol. The third-order valence-corrected chi connectivity index (χ3v) is 6.35. The Morgan fingerprint density at radius 2 is 2.05 bits per heavy atom. The van der Waals surface area contributed by atoms with Crippen LogP contribution in [-0.2, 0) is 17.6 Å². The normalized spacial score (nSPS) is 29.2. The van der Waals surface area contributed by atoms with Crippen LogP contribution in [0.3, 0.4) is 0 Å². The maximum Gasteiger partial charge on any atom is 0.144 e. The highest BCUT2D eigenvalue weighted by atomic mass is 16.1. The predicted octanol–water partition coefficient (Wildman–Crippen LogP) is 4.54. The van der Waals surface area contributed by atoms with Crippen molar-refractivity contribution in [1.29, 1.82) is 0 Å². The quantitative estimate of drug-likeness (QED) is 0.650. The van der Waals surface area contributed by atoms with Gasteiger partial charge >= 0.3 is 0 Å². The number of Topliss-reactive ketones (excluding diaryl/α,β-unsaturated/α-hetero) is 1. The van der Waals surface area contributed by atoms with Crippen molar-refractivity contribution in [2.75, 3.05) is 0 Å². The highest BCUT2D eigenvalue weighted by molar-refractivity contribution is 5.94. The smallest absolute Gasteiger partial charge is 0.144 e. The lowest BCUT2D eigenvalue weighted by Crippen LogP contribution is -2.42. The minimum Gasteiger partial charge on any atom is -0.299 e. The molecule has 0 aliphatic heterocycles. The Hall–Kier alpha value is -1.89. The van der Waals surface area contributed by atoms with Crippen molar-refractivity contribution in [3.05, 3.63) is 58.7 Å². The maximum atomic E-state index is 12.9. The van der Waals surface area contributed by atoms with Crippen molar-refractivity contribution < 1.29 is 4.79 Å². The lowest BCUT2D eigenvalue weighted by atomic mass is 9.63. The molecule has 1 spiro atoms. The summed E-state index contributed by atoms with van der Waals surface area (Å²) in [5.41, 5.74) is 5.51. The second-order valence-electron chi connectivity index (χ2n) is 7.53. The fourth-order valence-electron chi connectivity index (χ4n) is 5.13. The van der Waals surface area contributed by atoms with Gasteiger partial charge in [0.2, 0.25) is 0 Å². The lowest BCUT2D eigenvalue weighted by molar-refractivity contribution is -0.131. The number of hydrogen-bond donors (Lipinski definition) is 0. The molecule has 3 aliphatic carbocycles. The van der Waals surface area contributed by atoms with Crippen molar-refractivity contribution in [3.8, 4) is 0 Å². The van der Waals surface area contributed by atoms with E-state index in [1.165, 1.54) is 33.9 Å². The Labute approximate surface area is 131 Å². The van der Waals surface area contributed by atoms with E-state index in [9.17, 15) is 4.79 Å². The summed E-state index contributed by atoms with van der Waals surface area (Å²) in [7, 11) is 0. The third kappa shape index (κ3) is 1.52. The fourth-order valence-corrected chi connectivity index (χ4v) is 5.13. The summed E-state index contributed by atoms with van der Waals surface area (Å²) < 4.78 is 0. The maximum absolute atomic E-state index is 12.9. The first kappa shape index (κ1) is 12.6. The van der Waals surface area contributed by atoms with Gasteiger partial charge in [-0.05, 0) is 66.0 Å². The Morgan fingerprint density at radius 3 is 2.82 bits per heavy atom. The van der Waals surface area contributed by atoms with E-state index in [0.717, 1.165) is 19.3 Å². The topological polar surface area (TPSA) is 17.1 Å². The average Bonchev–Trinajstić information content (AvgIpc) is 3.09. The summed E-state index contributed by atoms with van der Waals surface area (Å²) in [6, 6.07) is 11.1. The SMILES string of the molecule is Cc1cccc2cc3c(cc12)CC1(CC2=CCC1C2)C(=O)C3. The van der Waals surface area contributed by atoms with Crippen LogP contribution in [0.2, 0.25) is 0 Å². The minimum atomic E-state index is -0.0621. The van der Waals surface area contributed by atoms with Gasteiger partial charge in [-0.25, -0.2) is 0 Å². The van der Waals surface area contributed by atoms with E-state index in [0.29, 0.717) is 18.1 Å². The molecule has 0 N–H and O–H groups in total. The molecule has 2 bridgehead atoms. The Morgan fingerprint density at radius 1 is 1.14 bits per heavy atom. The van der Waals surface area contributed by atoms with Crippen LogP contribution in [0, 0.1) is 18.3 Å². The van der Waals surface area contributed by atoms with E-state index in [1.807, 2.05) is 0 Å². The molecule has 1 fully saturated rings. The van der Waals surface area contributed by atoms with E-state index in [4.69, 9.17) is 0 Å². The number of rotatable bonds is 0. The second-order valence-corrected chi connectivity index (χ2v) is 7.53. The highest BCUT2D eigenvalue weighted by Crippen LogP contribution is 2.57. The van der Waals surface area contributed by atoms with Gasteiger partial charge in [-0.2, -0.15) is 0 Å². The molecule has 1 heteroatoms. The van der Waals surface area contributed by atoms with Gasteiger partial charge in [0.15, 0.2) is 0 Å². The first-order valence-electron chi connectivity index (χ1n) is 8.38. The summed E-state index contributed by atoms with van der Waals surface area (Å²) in [6.45, 7) is 2.18. The zero-order chi connectivity index (χ0) is 14.9. The number of fused-ring (bicyclic) bond motifs is 5. The van der Waals surface area contributed by atoms with Crippen LogP contribution >= 0.6 is 0 Å². The molecule has 0 heterocycles.